The topological polar surface area (TPSA) is 65.1 Å². The van der Waals surface area contributed by atoms with Crippen molar-refractivity contribution in [3.63, 3.8) is 0 Å². The number of β-amino-alcohol motifs (C(OH)–C–C–N with tert-alkyl or cyclic N) is 1. The number of hydrogen-bond acceptors (Lipinski definition) is 4. The van der Waals surface area contributed by atoms with Crippen LogP contribution in [0, 0.1) is 17.2 Å². The highest BCUT2D eigenvalue weighted by molar-refractivity contribution is 5.32. The first kappa shape index (κ1) is 15.7. The molecule has 1 aliphatic rings. The van der Waals surface area contributed by atoms with E-state index in [1.165, 1.54) is 0 Å². The molecule has 1 fully saturated rings. The van der Waals surface area contributed by atoms with Gasteiger partial charge >= 0.3 is 0 Å². The Kier molecular flexibility index (Phi) is 4.75. The summed E-state index contributed by atoms with van der Waals surface area (Å²) in [5.74, 6) is 0.604. The minimum atomic E-state index is -0.528. The molecule has 0 bridgehead atoms. The Bertz CT molecular complexity index is 659. The number of nitriles is 1. The van der Waals surface area contributed by atoms with Crippen LogP contribution in [0.3, 0.4) is 0 Å². The average molecular weight is 310 g/mol. The van der Waals surface area contributed by atoms with Crippen LogP contribution < -0.4 is 0 Å². The summed E-state index contributed by atoms with van der Waals surface area (Å²) in [6, 6.07) is 9.69. The second kappa shape index (κ2) is 6.95. The molecular weight excluding hydrogens is 288 g/mol. The lowest BCUT2D eigenvalue weighted by atomic mass is 9.93. The normalized spacial score (nSPS) is 23.3. The molecule has 0 aliphatic carbocycles. The zero-order valence-corrected chi connectivity index (χ0v) is 13.3. The van der Waals surface area contributed by atoms with E-state index in [4.69, 9.17) is 5.26 Å². The predicted molar refractivity (Wildman–Crippen MR) is 87.6 cm³/mol. The van der Waals surface area contributed by atoms with Crippen LogP contribution in [0.5, 0.6) is 0 Å². The number of aliphatic hydroxyl groups is 1. The smallest absolute Gasteiger partial charge is 0.0991 e. The van der Waals surface area contributed by atoms with Crippen LogP contribution in [0.25, 0.3) is 0 Å². The molecule has 2 aromatic rings. The van der Waals surface area contributed by atoms with Crippen molar-refractivity contribution in [2.24, 2.45) is 5.92 Å². The Labute approximate surface area is 136 Å². The van der Waals surface area contributed by atoms with E-state index in [0.717, 1.165) is 25.1 Å². The Morgan fingerprint density at radius 2 is 2.17 bits per heavy atom. The Morgan fingerprint density at radius 3 is 2.83 bits per heavy atom. The summed E-state index contributed by atoms with van der Waals surface area (Å²) in [5, 5.41) is 19.3. The standard InChI is InChI=1S/C18H22N4O/c1-14-6-8-21(11-17(14)22-9-7-20-13-22)12-18(23)16-4-2-15(10-19)3-5-16/h2-5,7,9,13-14,17-18,23H,6,8,11-12H2,1H3. The molecule has 0 radical (unpaired) electrons. The average Bonchev–Trinajstić information content (AvgIpc) is 3.11. The van der Waals surface area contributed by atoms with E-state index in [-0.39, 0.29) is 0 Å². The van der Waals surface area contributed by atoms with Crippen molar-refractivity contribution in [3.8, 4) is 6.07 Å². The summed E-state index contributed by atoms with van der Waals surface area (Å²) in [6.07, 6.45) is 6.29. The number of aliphatic hydroxyl groups excluding tert-OH is 1. The van der Waals surface area contributed by atoms with Crippen LogP contribution in [0.4, 0.5) is 0 Å². The summed E-state index contributed by atoms with van der Waals surface area (Å²) >= 11 is 0. The van der Waals surface area contributed by atoms with Gasteiger partial charge in [0.2, 0.25) is 0 Å². The fraction of sp³-hybridized carbons (Fsp3) is 0.444. The van der Waals surface area contributed by atoms with E-state index in [9.17, 15) is 5.11 Å². The van der Waals surface area contributed by atoms with Gasteiger partial charge in [-0.25, -0.2) is 4.98 Å². The molecule has 0 amide bonds. The van der Waals surface area contributed by atoms with Crippen molar-refractivity contribution < 1.29 is 5.11 Å². The Balaban J connectivity index is 1.64. The lowest BCUT2D eigenvalue weighted by Gasteiger charge is -2.38. The lowest BCUT2D eigenvalue weighted by Crippen LogP contribution is -2.42. The molecule has 2 heterocycles. The lowest BCUT2D eigenvalue weighted by molar-refractivity contribution is 0.0686. The van der Waals surface area contributed by atoms with Crippen LogP contribution in [-0.4, -0.2) is 39.2 Å². The van der Waals surface area contributed by atoms with Gasteiger partial charge in [0.1, 0.15) is 0 Å². The van der Waals surface area contributed by atoms with Crippen molar-refractivity contribution in [2.75, 3.05) is 19.6 Å². The number of benzene rings is 1. The maximum Gasteiger partial charge on any atom is 0.0991 e. The molecule has 5 nitrogen and oxygen atoms in total. The molecule has 1 saturated heterocycles. The highest BCUT2D eigenvalue weighted by Crippen LogP contribution is 2.28. The molecule has 1 aromatic heterocycles. The molecule has 5 heteroatoms. The Morgan fingerprint density at radius 1 is 1.39 bits per heavy atom. The van der Waals surface area contributed by atoms with Gasteiger partial charge in [0, 0.05) is 31.5 Å². The van der Waals surface area contributed by atoms with Crippen molar-refractivity contribution in [3.05, 3.63) is 54.1 Å². The van der Waals surface area contributed by atoms with Gasteiger partial charge in [-0.3, -0.25) is 4.90 Å². The first-order valence-corrected chi connectivity index (χ1v) is 8.05. The van der Waals surface area contributed by atoms with E-state index in [1.807, 2.05) is 30.9 Å². The van der Waals surface area contributed by atoms with E-state index >= 15 is 0 Å². The van der Waals surface area contributed by atoms with Crippen LogP contribution in [0.15, 0.2) is 43.0 Å². The van der Waals surface area contributed by atoms with Crippen molar-refractivity contribution >= 4 is 0 Å². The monoisotopic (exact) mass is 310 g/mol. The van der Waals surface area contributed by atoms with Gasteiger partial charge in [0.25, 0.3) is 0 Å². The van der Waals surface area contributed by atoms with Gasteiger partial charge in [0.05, 0.1) is 24.1 Å². The quantitative estimate of drug-likeness (QED) is 0.941. The largest absolute Gasteiger partial charge is 0.387 e. The van der Waals surface area contributed by atoms with E-state index in [1.54, 1.807) is 12.1 Å². The fourth-order valence-corrected chi connectivity index (χ4v) is 3.26. The molecular formula is C18H22N4O. The maximum absolute atomic E-state index is 10.5. The van der Waals surface area contributed by atoms with E-state index in [2.05, 4.69) is 27.4 Å². The maximum atomic E-state index is 10.5. The first-order valence-electron chi connectivity index (χ1n) is 8.05. The Hall–Kier alpha value is -2.16. The van der Waals surface area contributed by atoms with Gasteiger partial charge in [-0.05, 0) is 36.6 Å². The molecule has 3 rings (SSSR count). The number of imidazole rings is 1. The molecule has 0 saturated carbocycles. The number of aromatic nitrogens is 2. The number of nitrogens with zero attached hydrogens (tertiary/aromatic N) is 4. The summed E-state index contributed by atoms with van der Waals surface area (Å²) in [7, 11) is 0. The van der Waals surface area contributed by atoms with Crippen LogP contribution in [0.2, 0.25) is 0 Å². The van der Waals surface area contributed by atoms with Crippen molar-refractivity contribution in [2.45, 2.75) is 25.5 Å². The summed E-state index contributed by atoms with van der Waals surface area (Å²) < 4.78 is 2.17. The highest BCUT2D eigenvalue weighted by Gasteiger charge is 2.28. The van der Waals surface area contributed by atoms with Crippen LogP contribution in [-0.2, 0) is 0 Å². The van der Waals surface area contributed by atoms with Gasteiger partial charge < -0.3 is 9.67 Å². The number of likely N-dealkylation sites (tertiary alicyclic amines) is 1. The van der Waals surface area contributed by atoms with Crippen LogP contribution in [0.1, 0.15) is 36.6 Å². The van der Waals surface area contributed by atoms with E-state index < -0.39 is 6.10 Å². The molecule has 120 valence electrons. The molecule has 0 spiro atoms. The van der Waals surface area contributed by atoms with Crippen molar-refractivity contribution in [1.29, 1.82) is 5.26 Å². The second-order valence-corrected chi connectivity index (χ2v) is 6.35. The van der Waals surface area contributed by atoms with Gasteiger partial charge in [-0.15, -0.1) is 0 Å². The van der Waals surface area contributed by atoms with Gasteiger partial charge in [-0.2, -0.15) is 5.26 Å². The minimum Gasteiger partial charge on any atom is -0.387 e. The third kappa shape index (κ3) is 3.61. The van der Waals surface area contributed by atoms with Crippen molar-refractivity contribution in [1.82, 2.24) is 14.5 Å². The highest BCUT2D eigenvalue weighted by atomic mass is 16.3. The molecule has 1 aliphatic heterocycles. The summed E-state index contributed by atoms with van der Waals surface area (Å²) in [4.78, 5) is 6.46. The molecule has 1 N–H and O–H groups in total. The third-order valence-corrected chi connectivity index (χ3v) is 4.77. The molecule has 3 atom stereocenters. The van der Waals surface area contributed by atoms with Gasteiger partial charge in [0.15, 0.2) is 0 Å². The summed E-state index contributed by atoms with van der Waals surface area (Å²) in [5.41, 5.74) is 1.48. The molecule has 1 aromatic carbocycles. The number of piperidine rings is 1. The zero-order chi connectivity index (χ0) is 16.2. The minimum absolute atomic E-state index is 0.402. The second-order valence-electron chi connectivity index (χ2n) is 6.35. The first-order chi connectivity index (χ1) is 11.2. The van der Waals surface area contributed by atoms with Gasteiger partial charge in [-0.1, -0.05) is 19.1 Å². The SMILES string of the molecule is CC1CCN(CC(O)c2ccc(C#N)cc2)CC1n1ccnc1. The summed E-state index contributed by atoms with van der Waals surface area (Å²) in [6.45, 7) is 4.81. The molecule has 3 unspecified atom stereocenters. The zero-order valence-electron chi connectivity index (χ0n) is 13.3. The van der Waals surface area contributed by atoms with E-state index in [0.29, 0.717) is 24.1 Å². The number of rotatable bonds is 4. The third-order valence-electron chi connectivity index (χ3n) is 4.77. The number of hydrogen-bond donors (Lipinski definition) is 1. The fourth-order valence-electron chi connectivity index (χ4n) is 3.26. The van der Waals surface area contributed by atoms with Crippen LogP contribution >= 0.6 is 0 Å². The molecule has 23 heavy (non-hydrogen) atoms. The predicted octanol–water partition coefficient (Wildman–Crippen LogP) is 2.37.